The molecule has 0 spiro atoms. The van der Waals surface area contributed by atoms with Gasteiger partial charge < -0.3 is 5.11 Å². The van der Waals surface area contributed by atoms with Crippen molar-refractivity contribution >= 4 is 31.9 Å². The molecule has 1 N–H and O–H groups in total. The van der Waals surface area contributed by atoms with Crippen LogP contribution in [0.5, 0.6) is 0 Å². The van der Waals surface area contributed by atoms with Gasteiger partial charge in [0.1, 0.15) is 5.82 Å². The quantitative estimate of drug-likeness (QED) is 0.832. The van der Waals surface area contributed by atoms with E-state index in [1.165, 1.54) is 6.07 Å². The van der Waals surface area contributed by atoms with Crippen molar-refractivity contribution in [2.75, 3.05) is 5.33 Å². The minimum atomic E-state index is -0.582. The molecular weight excluding hydrogens is 291 g/mol. The zero-order valence-electron chi connectivity index (χ0n) is 6.10. The van der Waals surface area contributed by atoms with Gasteiger partial charge in [-0.15, -0.1) is 0 Å². The van der Waals surface area contributed by atoms with E-state index in [0.717, 1.165) is 0 Å². The number of benzene rings is 1. The Labute approximate surface area is 86.9 Å². The van der Waals surface area contributed by atoms with E-state index in [9.17, 15) is 9.50 Å². The van der Waals surface area contributed by atoms with Gasteiger partial charge in [0.15, 0.2) is 0 Å². The SMILES string of the molecule is O[C@@H](CBr)c1ccc(F)c(Br)c1. The molecule has 0 fully saturated rings. The monoisotopic (exact) mass is 296 g/mol. The van der Waals surface area contributed by atoms with Crippen molar-refractivity contribution < 1.29 is 9.50 Å². The highest BCUT2D eigenvalue weighted by molar-refractivity contribution is 9.10. The highest BCUT2D eigenvalue weighted by Crippen LogP contribution is 2.22. The minimum absolute atomic E-state index is 0.319. The van der Waals surface area contributed by atoms with Crippen molar-refractivity contribution in [3.05, 3.63) is 34.1 Å². The Morgan fingerprint density at radius 2 is 2.17 bits per heavy atom. The third-order valence-electron chi connectivity index (χ3n) is 1.47. The summed E-state index contributed by atoms with van der Waals surface area (Å²) in [6, 6.07) is 4.46. The fraction of sp³-hybridized carbons (Fsp3) is 0.250. The molecule has 0 aliphatic carbocycles. The zero-order valence-corrected chi connectivity index (χ0v) is 9.27. The van der Waals surface area contributed by atoms with Gasteiger partial charge in [-0.1, -0.05) is 22.0 Å². The summed E-state index contributed by atoms with van der Waals surface area (Å²) < 4.78 is 13.1. The molecule has 0 saturated carbocycles. The standard InChI is InChI=1S/C8H7Br2FO/c9-4-8(12)5-1-2-7(11)6(10)3-5/h1-3,8,12H,4H2/t8-/m0/s1. The molecule has 0 aromatic heterocycles. The fourth-order valence-corrected chi connectivity index (χ4v) is 1.58. The second kappa shape index (κ2) is 4.35. The molecular formula is C8H7Br2FO. The van der Waals surface area contributed by atoms with E-state index in [1.54, 1.807) is 12.1 Å². The highest BCUT2D eigenvalue weighted by Gasteiger charge is 2.07. The van der Waals surface area contributed by atoms with E-state index in [0.29, 0.717) is 15.4 Å². The topological polar surface area (TPSA) is 20.2 Å². The van der Waals surface area contributed by atoms with Crippen LogP contribution in [0.2, 0.25) is 0 Å². The Morgan fingerprint density at radius 3 is 2.67 bits per heavy atom. The minimum Gasteiger partial charge on any atom is -0.388 e. The van der Waals surface area contributed by atoms with Crippen LogP contribution in [0.3, 0.4) is 0 Å². The molecule has 1 atom stereocenters. The van der Waals surface area contributed by atoms with E-state index >= 15 is 0 Å². The largest absolute Gasteiger partial charge is 0.388 e. The lowest BCUT2D eigenvalue weighted by molar-refractivity contribution is 0.205. The van der Waals surface area contributed by atoms with E-state index < -0.39 is 6.10 Å². The maximum atomic E-state index is 12.7. The molecule has 4 heteroatoms. The molecule has 1 aromatic rings. The van der Waals surface area contributed by atoms with Gasteiger partial charge in [-0.2, -0.15) is 0 Å². The number of hydrogen-bond donors (Lipinski definition) is 1. The molecule has 1 rings (SSSR count). The van der Waals surface area contributed by atoms with Crippen LogP contribution in [0.4, 0.5) is 4.39 Å². The first-order chi connectivity index (χ1) is 5.65. The summed E-state index contributed by atoms with van der Waals surface area (Å²) >= 11 is 6.18. The van der Waals surface area contributed by atoms with Crippen molar-refractivity contribution in [1.29, 1.82) is 0 Å². The molecule has 0 aliphatic rings. The molecule has 0 saturated heterocycles. The molecule has 0 aliphatic heterocycles. The van der Waals surface area contributed by atoms with Crippen LogP contribution >= 0.6 is 31.9 Å². The molecule has 0 unspecified atom stereocenters. The van der Waals surface area contributed by atoms with Gasteiger partial charge in [-0.25, -0.2) is 4.39 Å². The first-order valence-electron chi connectivity index (χ1n) is 3.34. The summed E-state index contributed by atoms with van der Waals surface area (Å²) in [6.07, 6.45) is -0.582. The Morgan fingerprint density at radius 1 is 1.50 bits per heavy atom. The van der Waals surface area contributed by atoms with Gasteiger partial charge in [-0.3, -0.25) is 0 Å². The van der Waals surface area contributed by atoms with Gasteiger partial charge in [-0.05, 0) is 33.6 Å². The van der Waals surface area contributed by atoms with Gasteiger partial charge in [0.25, 0.3) is 0 Å². The zero-order chi connectivity index (χ0) is 9.14. The number of aliphatic hydroxyl groups excluding tert-OH is 1. The summed E-state index contributed by atoms with van der Waals surface area (Å²) in [7, 11) is 0. The molecule has 1 nitrogen and oxygen atoms in total. The lowest BCUT2D eigenvalue weighted by Gasteiger charge is -2.07. The van der Waals surface area contributed by atoms with E-state index in [2.05, 4.69) is 31.9 Å². The average Bonchev–Trinajstić information content (AvgIpc) is 2.08. The smallest absolute Gasteiger partial charge is 0.137 e. The molecule has 0 heterocycles. The van der Waals surface area contributed by atoms with E-state index in [4.69, 9.17) is 0 Å². The molecule has 66 valence electrons. The van der Waals surface area contributed by atoms with Crippen LogP contribution < -0.4 is 0 Å². The number of aliphatic hydroxyl groups is 1. The van der Waals surface area contributed by atoms with Crippen LogP contribution in [-0.2, 0) is 0 Å². The van der Waals surface area contributed by atoms with E-state index in [1.807, 2.05) is 0 Å². The predicted molar refractivity (Wildman–Crippen MR) is 52.9 cm³/mol. The summed E-state index contributed by atoms with van der Waals surface area (Å²) in [5.41, 5.74) is 0.695. The number of hydrogen-bond acceptors (Lipinski definition) is 1. The van der Waals surface area contributed by atoms with Crippen molar-refractivity contribution in [2.24, 2.45) is 0 Å². The summed E-state index contributed by atoms with van der Waals surface area (Å²) in [6.45, 7) is 0. The fourth-order valence-electron chi connectivity index (χ4n) is 0.809. The van der Waals surface area contributed by atoms with Crippen molar-refractivity contribution in [1.82, 2.24) is 0 Å². The van der Waals surface area contributed by atoms with Crippen molar-refractivity contribution in [2.45, 2.75) is 6.10 Å². The van der Waals surface area contributed by atoms with Crippen LogP contribution in [-0.4, -0.2) is 10.4 Å². The average molecular weight is 298 g/mol. The summed E-state index contributed by atoms with van der Waals surface area (Å²) in [4.78, 5) is 0. The van der Waals surface area contributed by atoms with Gasteiger partial charge in [0.2, 0.25) is 0 Å². The maximum absolute atomic E-state index is 12.7. The third kappa shape index (κ3) is 2.28. The number of alkyl halides is 1. The van der Waals surface area contributed by atoms with Gasteiger partial charge in [0.05, 0.1) is 10.6 Å². The summed E-state index contributed by atoms with van der Waals surface area (Å²) in [5.74, 6) is -0.319. The molecule has 12 heavy (non-hydrogen) atoms. The van der Waals surface area contributed by atoms with Crippen molar-refractivity contribution in [3.63, 3.8) is 0 Å². The second-order valence-electron chi connectivity index (χ2n) is 2.34. The van der Waals surface area contributed by atoms with Crippen LogP contribution in [0.25, 0.3) is 0 Å². The van der Waals surface area contributed by atoms with Crippen LogP contribution in [0.15, 0.2) is 22.7 Å². The first kappa shape index (κ1) is 10.2. The van der Waals surface area contributed by atoms with Gasteiger partial charge in [0, 0.05) is 5.33 Å². The van der Waals surface area contributed by atoms with Crippen LogP contribution in [0, 0.1) is 5.82 Å². The number of halogens is 3. The Hall–Kier alpha value is 0.0700. The van der Waals surface area contributed by atoms with Crippen LogP contribution in [0.1, 0.15) is 11.7 Å². The summed E-state index contributed by atoms with van der Waals surface area (Å²) in [5, 5.41) is 9.80. The number of rotatable bonds is 2. The lowest BCUT2D eigenvalue weighted by atomic mass is 10.1. The van der Waals surface area contributed by atoms with Crippen molar-refractivity contribution in [3.8, 4) is 0 Å². The molecule has 0 radical (unpaired) electrons. The lowest BCUT2D eigenvalue weighted by Crippen LogP contribution is -1.98. The molecule has 0 bridgehead atoms. The maximum Gasteiger partial charge on any atom is 0.137 e. The Bertz CT molecular complexity index is 278. The Kier molecular flexibility index (Phi) is 3.68. The third-order valence-corrected chi connectivity index (χ3v) is 2.70. The van der Waals surface area contributed by atoms with E-state index in [-0.39, 0.29) is 5.82 Å². The highest BCUT2D eigenvalue weighted by atomic mass is 79.9. The molecule has 1 aromatic carbocycles. The van der Waals surface area contributed by atoms with Gasteiger partial charge >= 0.3 is 0 Å². The Balaban J connectivity index is 2.96. The second-order valence-corrected chi connectivity index (χ2v) is 3.85. The molecule has 0 amide bonds. The first-order valence-corrected chi connectivity index (χ1v) is 5.25. The normalized spacial score (nSPS) is 13.0. The predicted octanol–water partition coefficient (Wildman–Crippen LogP) is 3.02.